The van der Waals surface area contributed by atoms with Crippen LogP contribution in [0.3, 0.4) is 0 Å². The maximum absolute atomic E-state index is 12.4. The van der Waals surface area contributed by atoms with Gasteiger partial charge in [0.05, 0.1) is 5.56 Å². The molecule has 1 fully saturated rings. The van der Waals surface area contributed by atoms with Crippen LogP contribution in [0.2, 0.25) is 0 Å². The average Bonchev–Trinajstić information content (AvgIpc) is 2.63. The van der Waals surface area contributed by atoms with E-state index in [-0.39, 0.29) is 5.91 Å². The third kappa shape index (κ3) is 3.32. The lowest BCUT2D eigenvalue weighted by molar-refractivity contribution is -0.142. The number of aromatic nitrogens is 1. The number of likely N-dealkylation sites (tertiary alicyclic amines) is 1. The molecule has 1 saturated heterocycles. The zero-order valence-corrected chi connectivity index (χ0v) is 12.0. The van der Waals surface area contributed by atoms with Crippen LogP contribution in [0, 0.1) is 0 Å². The first kappa shape index (κ1) is 14.0. The second kappa shape index (κ2) is 6.14. The Morgan fingerprint density at radius 3 is 2.79 bits per heavy atom. The minimum atomic E-state index is -0.932. The number of amides is 1. The van der Waals surface area contributed by atoms with E-state index >= 15 is 0 Å². The van der Waals surface area contributed by atoms with Crippen LogP contribution < -0.4 is 0 Å². The van der Waals surface area contributed by atoms with Gasteiger partial charge in [-0.3, -0.25) is 9.78 Å². The number of carbonyl (C=O) groups excluding carboxylic acids is 1. The van der Waals surface area contributed by atoms with E-state index < -0.39 is 12.0 Å². The molecule has 0 bridgehead atoms. The van der Waals surface area contributed by atoms with Crippen LogP contribution in [-0.2, 0) is 4.79 Å². The summed E-state index contributed by atoms with van der Waals surface area (Å²) in [6.45, 7) is 0.488. The summed E-state index contributed by atoms with van der Waals surface area (Å²) in [5.41, 5.74) is 0.419. The van der Waals surface area contributed by atoms with Crippen LogP contribution in [0.1, 0.15) is 36.0 Å². The highest BCUT2D eigenvalue weighted by Gasteiger charge is 2.31. The highest BCUT2D eigenvalue weighted by Crippen LogP contribution is 2.20. The topological polar surface area (TPSA) is 70.5 Å². The van der Waals surface area contributed by atoms with Gasteiger partial charge in [0, 0.05) is 23.4 Å². The van der Waals surface area contributed by atoms with Gasteiger partial charge in [0.15, 0.2) is 0 Å². The van der Waals surface area contributed by atoms with Gasteiger partial charge in [-0.25, -0.2) is 4.79 Å². The van der Waals surface area contributed by atoms with Gasteiger partial charge in [0.2, 0.25) is 0 Å². The van der Waals surface area contributed by atoms with E-state index in [2.05, 4.69) is 20.9 Å². The van der Waals surface area contributed by atoms with Crippen LogP contribution in [-0.4, -0.2) is 39.5 Å². The van der Waals surface area contributed by atoms with Gasteiger partial charge in [-0.05, 0) is 34.8 Å². The molecule has 1 aromatic rings. The number of halogens is 1. The smallest absolute Gasteiger partial charge is 0.326 e. The Morgan fingerprint density at radius 1 is 1.32 bits per heavy atom. The summed E-state index contributed by atoms with van der Waals surface area (Å²) in [7, 11) is 0. The molecule has 19 heavy (non-hydrogen) atoms. The Kier molecular flexibility index (Phi) is 4.52. The van der Waals surface area contributed by atoms with Crippen molar-refractivity contribution in [3.05, 3.63) is 28.5 Å². The molecule has 1 atom stereocenters. The Balaban J connectivity index is 2.26. The first-order chi connectivity index (χ1) is 9.09. The molecule has 6 heteroatoms. The van der Waals surface area contributed by atoms with Crippen LogP contribution in [0.25, 0.3) is 0 Å². The molecule has 0 saturated carbocycles. The summed E-state index contributed by atoms with van der Waals surface area (Å²) in [4.78, 5) is 29.1. The SMILES string of the molecule is O=C(O)C1CCCCCN1C(=O)c1cncc(Br)c1. The van der Waals surface area contributed by atoms with Crippen molar-refractivity contribution >= 4 is 27.8 Å². The minimum Gasteiger partial charge on any atom is -0.480 e. The molecule has 1 aromatic heterocycles. The van der Waals surface area contributed by atoms with Crippen molar-refractivity contribution < 1.29 is 14.7 Å². The third-order valence-corrected chi connectivity index (χ3v) is 3.68. The zero-order valence-electron chi connectivity index (χ0n) is 10.4. The van der Waals surface area contributed by atoms with Gasteiger partial charge >= 0.3 is 5.97 Å². The van der Waals surface area contributed by atoms with Gasteiger partial charge in [0.25, 0.3) is 5.91 Å². The van der Waals surface area contributed by atoms with Gasteiger partial charge < -0.3 is 10.0 Å². The molecule has 2 rings (SSSR count). The molecule has 0 aliphatic carbocycles. The lowest BCUT2D eigenvalue weighted by Crippen LogP contribution is -2.44. The first-order valence-corrected chi connectivity index (χ1v) is 7.03. The fourth-order valence-corrected chi connectivity index (χ4v) is 2.67. The van der Waals surface area contributed by atoms with Gasteiger partial charge in [-0.15, -0.1) is 0 Å². The highest BCUT2D eigenvalue weighted by atomic mass is 79.9. The molecule has 1 aliphatic heterocycles. The molecule has 1 amide bonds. The number of hydrogen-bond acceptors (Lipinski definition) is 3. The van der Waals surface area contributed by atoms with Gasteiger partial charge in [-0.1, -0.05) is 12.8 Å². The molecule has 102 valence electrons. The summed E-state index contributed by atoms with van der Waals surface area (Å²) in [5, 5.41) is 9.27. The Labute approximate surface area is 119 Å². The molecule has 0 spiro atoms. The quantitative estimate of drug-likeness (QED) is 0.905. The van der Waals surface area contributed by atoms with Crippen molar-refractivity contribution in [2.45, 2.75) is 31.7 Å². The number of carboxylic acid groups (broad SMARTS) is 1. The van der Waals surface area contributed by atoms with Crippen LogP contribution in [0.15, 0.2) is 22.9 Å². The van der Waals surface area contributed by atoms with Crippen LogP contribution in [0.5, 0.6) is 0 Å². The molecule has 1 N–H and O–H groups in total. The van der Waals surface area contributed by atoms with Crippen LogP contribution in [0.4, 0.5) is 0 Å². The number of hydrogen-bond donors (Lipinski definition) is 1. The maximum atomic E-state index is 12.4. The number of carboxylic acids is 1. The average molecular weight is 327 g/mol. The third-order valence-electron chi connectivity index (χ3n) is 3.25. The van der Waals surface area contributed by atoms with E-state index in [1.807, 2.05) is 0 Å². The second-order valence-corrected chi connectivity index (χ2v) is 5.51. The number of carbonyl (C=O) groups is 2. The van der Waals surface area contributed by atoms with Gasteiger partial charge in [-0.2, -0.15) is 0 Å². The Hall–Kier alpha value is -1.43. The molecule has 2 heterocycles. The normalized spacial score (nSPS) is 19.8. The predicted molar refractivity (Wildman–Crippen MR) is 72.9 cm³/mol. The first-order valence-electron chi connectivity index (χ1n) is 6.24. The monoisotopic (exact) mass is 326 g/mol. The molecular weight excluding hydrogens is 312 g/mol. The van der Waals surface area contributed by atoms with E-state index in [1.54, 1.807) is 12.3 Å². The summed E-state index contributed by atoms with van der Waals surface area (Å²) < 4.78 is 0.708. The van der Waals surface area contributed by atoms with Crippen molar-refractivity contribution in [2.75, 3.05) is 6.54 Å². The standard InChI is InChI=1S/C13H15BrN2O3/c14-10-6-9(7-15-8-10)12(17)16-5-3-1-2-4-11(16)13(18)19/h6-8,11H,1-5H2,(H,18,19). The van der Waals surface area contributed by atoms with Crippen molar-refractivity contribution in [1.82, 2.24) is 9.88 Å². The van der Waals surface area contributed by atoms with Crippen LogP contribution >= 0.6 is 15.9 Å². The van der Waals surface area contributed by atoms with E-state index in [1.165, 1.54) is 11.1 Å². The van der Waals surface area contributed by atoms with Crippen molar-refractivity contribution in [3.63, 3.8) is 0 Å². The predicted octanol–water partition coefficient (Wildman–Crippen LogP) is 2.31. The summed E-state index contributed by atoms with van der Waals surface area (Å²) in [6.07, 6.45) is 6.23. The zero-order chi connectivity index (χ0) is 13.8. The molecule has 1 aliphatic rings. The lowest BCUT2D eigenvalue weighted by Gasteiger charge is -2.26. The van der Waals surface area contributed by atoms with Crippen molar-refractivity contribution in [2.24, 2.45) is 0 Å². The number of rotatable bonds is 2. The molecule has 5 nitrogen and oxygen atoms in total. The van der Waals surface area contributed by atoms with Gasteiger partial charge in [0.1, 0.15) is 6.04 Å². The molecule has 0 radical (unpaired) electrons. The fourth-order valence-electron chi connectivity index (χ4n) is 2.30. The lowest BCUT2D eigenvalue weighted by atomic mass is 10.1. The Morgan fingerprint density at radius 2 is 2.11 bits per heavy atom. The van der Waals surface area contributed by atoms with E-state index in [0.29, 0.717) is 23.0 Å². The van der Waals surface area contributed by atoms with Crippen molar-refractivity contribution in [1.29, 1.82) is 0 Å². The van der Waals surface area contributed by atoms with Crippen molar-refractivity contribution in [3.8, 4) is 0 Å². The van der Waals surface area contributed by atoms with E-state index in [0.717, 1.165) is 19.3 Å². The van der Waals surface area contributed by atoms with E-state index in [4.69, 9.17) is 0 Å². The highest BCUT2D eigenvalue weighted by molar-refractivity contribution is 9.10. The summed E-state index contributed by atoms with van der Waals surface area (Å²) >= 11 is 3.26. The number of aliphatic carboxylic acids is 1. The number of nitrogens with zero attached hydrogens (tertiary/aromatic N) is 2. The Bertz CT molecular complexity index is 493. The summed E-state index contributed by atoms with van der Waals surface area (Å²) in [6, 6.07) is 0.938. The van der Waals surface area contributed by atoms with E-state index in [9.17, 15) is 14.7 Å². The largest absolute Gasteiger partial charge is 0.480 e. The molecule has 1 unspecified atom stereocenters. The minimum absolute atomic E-state index is 0.261. The molecule has 0 aromatic carbocycles. The maximum Gasteiger partial charge on any atom is 0.326 e. The molecular formula is C13H15BrN2O3. The number of pyridine rings is 1. The second-order valence-electron chi connectivity index (χ2n) is 4.59. The fraction of sp³-hybridized carbons (Fsp3) is 0.462. The summed E-state index contributed by atoms with van der Waals surface area (Å²) in [5.74, 6) is -1.19.